The first-order valence-electron chi connectivity index (χ1n) is 35.7. The minimum atomic E-state index is -2.08. The Morgan fingerprint density at radius 1 is 0.694 bits per heavy atom. The van der Waals surface area contributed by atoms with Gasteiger partial charge < -0.3 is 103 Å². The summed E-state index contributed by atoms with van der Waals surface area (Å²) in [4.78, 5) is 154. The highest BCUT2D eigenvalue weighted by Gasteiger charge is 2.46. The molecule has 0 saturated carbocycles. The first-order chi connectivity index (χ1) is 51.9. The fourth-order valence-electron chi connectivity index (χ4n) is 12.1. The molecule has 0 bridgehead atoms. The maximum atomic E-state index is 15.5. The van der Waals surface area contributed by atoms with E-state index in [-0.39, 0.29) is 82.2 Å². The summed E-state index contributed by atoms with van der Waals surface area (Å²) in [5.74, 6) is -7.99. The van der Waals surface area contributed by atoms with Crippen molar-refractivity contribution in [3.63, 3.8) is 0 Å². The van der Waals surface area contributed by atoms with Gasteiger partial charge in [0.2, 0.25) is 35.4 Å². The Morgan fingerprint density at radius 3 is 1.82 bits per heavy atom. The molecule has 590 valence electrons. The van der Waals surface area contributed by atoms with Gasteiger partial charge in [-0.1, -0.05) is 37.3 Å². The van der Waals surface area contributed by atoms with Crippen LogP contribution < -0.4 is 37.5 Å². The summed E-state index contributed by atoms with van der Waals surface area (Å²) in [5, 5.41) is 27.2. The minimum absolute atomic E-state index is 0.0224. The molecule has 0 saturated heterocycles. The second-order valence-corrected chi connectivity index (χ2v) is 26.3. The molecule has 2 aromatic carbocycles. The van der Waals surface area contributed by atoms with Crippen LogP contribution in [0.25, 0.3) is 22.3 Å². The Labute approximate surface area is 622 Å². The fourth-order valence-corrected chi connectivity index (χ4v) is 12.1. The van der Waals surface area contributed by atoms with Gasteiger partial charge in [0.25, 0.3) is 17.4 Å². The molecule has 8 rings (SSSR count). The summed E-state index contributed by atoms with van der Waals surface area (Å²) in [6.45, 7) is 9.90. The predicted molar refractivity (Wildman–Crippen MR) is 380 cm³/mol. The van der Waals surface area contributed by atoms with Crippen molar-refractivity contribution in [2.75, 3.05) is 165 Å². The number of cyclic esters (lactones) is 1. The average Bonchev–Trinajstić information content (AvgIpc) is 1.49. The van der Waals surface area contributed by atoms with E-state index < -0.39 is 140 Å². The van der Waals surface area contributed by atoms with Crippen LogP contribution >= 0.6 is 0 Å². The Hall–Kier alpha value is -9.27. The number of methoxy groups -OCH3 is 1. The Bertz CT molecular complexity index is 3890. The first-order valence-corrected chi connectivity index (χ1v) is 35.7. The SMILES string of the molecule is CC[C@@]1(O)C(=O)OCc2c1cc1n(c2=O)Cc2c-1nc1cc(F)c(C)c3c1c2[C@@H](NC(=O)COCNC(=O)CNC(=O)[C@H](Cc1ccccc1)NC(=O)CNC(=O)CNC(=O)[C@H](CN(CCOCCOCCOCCOCCOCCOCCOCCOCCOC)C(=O)OC(C)(C)C)N1C(=O)C=CC1=O)CC3. The van der Waals surface area contributed by atoms with Gasteiger partial charge >= 0.3 is 12.1 Å². The van der Waals surface area contributed by atoms with Crippen molar-refractivity contribution < 1.29 is 114 Å². The molecule has 0 spiro atoms. The molecule has 4 aromatic rings. The number of hydrogen-bond donors (Lipinski definition) is 7. The van der Waals surface area contributed by atoms with E-state index in [2.05, 4.69) is 31.9 Å². The van der Waals surface area contributed by atoms with Gasteiger partial charge in [0.1, 0.15) is 43.4 Å². The number of carbonyl (C=O) groups excluding carboxylic acids is 10. The number of aromatic nitrogens is 2. The summed E-state index contributed by atoms with van der Waals surface area (Å²) < 4.78 is 82.3. The highest BCUT2D eigenvalue weighted by molar-refractivity contribution is 6.15. The van der Waals surface area contributed by atoms with E-state index in [4.69, 9.17) is 61.8 Å². The molecule has 108 heavy (non-hydrogen) atoms. The van der Waals surface area contributed by atoms with Crippen LogP contribution in [0.3, 0.4) is 0 Å². The summed E-state index contributed by atoms with van der Waals surface area (Å²) in [6, 6.07) is 7.76. The van der Waals surface area contributed by atoms with Gasteiger partial charge in [0.15, 0.2) is 5.60 Å². The number of rotatable bonds is 47. The summed E-state index contributed by atoms with van der Waals surface area (Å²) in [7, 11) is 1.61. The van der Waals surface area contributed by atoms with Crippen LogP contribution in [-0.4, -0.2) is 267 Å². The number of nitrogens with one attached hydrogen (secondary N) is 6. The first kappa shape index (κ1) is 84.4. The molecule has 3 aliphatic heterocycles. The smallest absolute Gasteiger partial charge is 0.410 e. The minimum Gasteiger partial charge on any atom is -0.458 e. The van der Waals surface area contributed by atoms with Crippen molar-refractivity contribution in [3.05, 3.63) is 110 Å². The summed E-state index contributed by atoms with van der Waals surface area (Å²) >= 11 is 0. The van der Waals surface area contributed by atoms with Gasteiger partial charge in [0, 0.05) is 54.8 Å². The van der Waals surface area contributed by atoms with Crippen LogP contribution in [0.2, 0.25) is 0 Å². The zero-order valence-corrected chi connectivity index (χ0v) is 61.6. The van der Waals surface area contributed by atoms with E-state index in [9.17, 15) is 57.8 Å². The molecule has 4 aliphatic rings. The van der Waals surface area contributed by atoms with Crippen molar-refractivity contribution in [1.29, 1.82) is 0 Å². The highest BCUT2D eigenvalue weighted by Crippen LogP contribution is 2.46. The molecule has 0 radical (unpaired) electrons. The number of pyridine rings is 2. The number of carbonyl (C=O) groups is 10. The number of halogens is 1. The van der Waals surface area contributed by atoms with Crippen molar-refractivity contribution in [2.24, 2.45) is 0 Å². The standard InChI is InChI=1S/C73H97FN10O24/c1-7-73(96)51-36-56-66-49(41-83(56)69(93)50(51)43-107-70(73)94)65-53(14-13-48-46(2)52(74)37-54(81-66)64(48)65)79-61(88)44-106-45-78-59(86)39-76-67(91)55(35-47-11-9-8-10-12-47)80-60(87)40-75-58(85)38-77-68(92)57(84-62(89)15-16-63(84)90)42-82(71(95)108-72(3,4)5)17-18-98-21-22-100-25-26-102-29-30-104-33-34-105-32-31-103-28-27-101-24-23-99-20-19-97-6/h8-12,15-16,36-37,53,55,57,96H,7,13-14,17-35,38-45H2,1-6H3,(H,75,85)(H,76,91)(H,77,92)(H,78,86)(H,79,88)(H,80,87)/t53-,55-,57-,73-/m0/s1. The lowest BCUT2D eigenvalue weighted by molar-refractivity contribution is -0.172. The van der Waals surface area contributed by atoms with Gasteiger partial charge in [-0.3, -0.25) is 48.1 Å². The van der Waals surface area contributed by atoms with E-state index in [1.807, 2.05) is 0 Å². The van der Waals surface area contributed by atoms with Crippen LogP contribution in [-0.2, 0) is 132 Å². The third-order valence-corrected chi connectivity index (χ3v) is 17.6. The molecule has 9 amide bonds. The quantitative estimate of drug-likeness (QED) is 0.0118. The topological polar surface area (TPSA) is 415 Å². The molecular weight excluding hydrogens is 1420 g/mol. The lowest BCUT2D eigenvalue weighted by Crippen LogP contribution is -2.57. The van der Waals surface area contributed by atoms with Gasteiger partial charge in [0.05, 0.1) is 174 Å². The molecule has 2 aromatic heterocycles. The van der Waals surface area contributed by atoms with Crippen LogP contribution in [0.5, 0.6) is 0 Å². The monoisotopic (exact) mass is 1520 g/mol. The summed E-state index contributed by atoms with van der Waals surface area (Å²) in [6.07, 6.45) is 1.56. The molecule has 0 fully saturated rings. The fraction of sp³-hybridized carbons (Fsp3) is 0.562. The number of esters is 1. The number of hydrogen-bond acceptors (Lipinski definition) is 25. The predicted octanol–water partition coefficient (Wildman–Crippen LogP) is 0.107. The number of amides is 9. The van der Waals surface area contributed by atoms with E-state index in [1.54, 1.807) is 78.1 Å². The van der Waals surface area contributed by atoms with Gasteiger partial charge in [-0.25, -0.2) is 19.0 Å². The zero-order valence-electron chi connectivity index (χ0n) is 61.6. The van der Waals surface area contributed by atoms with Crippen LogP contribution in [0.15, 0.2) is 59.4 Å². The molecule has 7 N–H and O–H groups in total. The second-order valence-electron chi connectivity index (χ2n) is 26.3. The number of aliphatic hydroxyl groups is 1. The number of fused-ring (bicyclic) bond motifs is 5. The summed E-state index contributed by atoms with van der Waals surface area (Å²) in [5.41, 5.74) is 0.500. The largest absolute Gasteiger partial charge is 0.458 e. The third kappa shape index (κ3) is 24.1. The van der Waals surface area contributed by atoms with Gasteiger partial charge in [-0.2, -0.15) is 0 Å². The molecule has 1 aliphatic carbocycles. The van der Waals surface area contributed by atoms with E-state index in [0.717, 1.165) is 17.1 Å². The van der Waals surface area contributed by atoms with Gasteiger partial charge in [-0.05, 0) is 75.3 Å². The molecular formula is C73H97FN10O24. The highest BCUT2D eigenvalue weighted by atomic mass is 19.1. The number of aryl methyl sites for hydroxylation is 1. The van der Waals surface area contributed by atoms with Crippen molar-refractivity contribution in [2.45, 2.75) is 103 Å². The maximum absolute atomic E-state index is 15.5. The molecule has 0 unspecified atom stereocenters. The Kier molecular flexibility index (Phi) is 32.7. The lowest BCUT2D eigenvalue weighted by Gasteiger charge is -2.32. The van der Waals surface area contributed by atoms with Crippen LogP contribution in [0, 0.1) is 12.7 Å². The van der Waals surface area contributed by atoms with Crippen molar-refractivity contribution >= 4 is 70.2 Å². The van der Waals surface area contributed by atoms with E-state index in [1.165, 1.54) is 10.6 Å². The number of imide groups is 1. The third-order valence-electron chi connectivity index (χ3n) is 17.6. The number of ether oxygens (including phenoxy) is 12. The molecule has 5 heterocycles. The van der Waals surface area contributed by atoms with Crippen LogP contribution in [0.1, 0.15) is 85.5 Å². The Balaban J connectivity index is 0.743. The normalized spacial score (nSPS) is 16.1. The van der Waals surface area contributed by atoms with Crippen molar-refractivity contribution in [3.8, 4) is 11.4 Å². The molecule has 35 heteroatoms. The second kappa shape index (κ2) is 41.9. The van der Waals surface area contributed by atoms with Crippen molar-refractivity contribution in [1.82, 2.24) is 51.3 Å². The number of nitrogens with zero attached hydrogens (tertiary/aromatic N) is 4. The van der Waals surface area contributed by atoms with E-state index >= 15 is 4.39 Å². The molecule has 34 nitrogen and oxygen atoms in total. The van der Waals surface area contributed by atoms with E-state index in [0.29, 0.717) is 142 Å². The molecule has 4 atom stereocenters. The lowest BCUT2D eigenvalue weighted by atomic mass is 9.81. The van der Waals surface area contributed by atoms with Crippen LogP contribution in [0.4, 0.5) is 9.18 Å². The maximum Gasteiger partial charge on any atom is 0.410 e. The van der Waals surface area contributed by atoms with Gasteiger partial charge in [-0.15, -0.1) is 0 Å². The zero-order chi connectivity index (χ0) is 77.8. The Morgan fingerprint density at radius 2 is 1.25 bits per heavy atom. The number of benzene rings is 2. The average molecular weight is 1520 g/mol.